The molecule has 0 bridgehead atoms. The summed E-state index contributed by atoms with van der Waals surface area (Å²) < 4.78 is 5.22. The number of carbonyl (C=O) groups is 2. The molecule has 0 saturated heterocycles. The molecular formula is C14H27N3O3. The van der Waals surface area contributed by atoms with Crippen molar-refractivity contribution in [3.05, 3.63) is 0 Å². The lowest BCUT2D eigenvalue weighted by Crippen LogP contribution is -2.48. The summed E-state index contributed by atoms with van der Waals surface area (Å²) in [6.45, 7) is 6.29. The molecule has 1 saturated carbocycles. The van der Waals surface area contributed by atoms with Crippen molar-refractivity contribution in [3.63, 3.8) is 0 Å². The van der Waals surface area contributed by atoms with Crippen molar-refractivity contribution in [1.29, 1.82) is 0 Å². The minimum absolute atomic E-state index is 0.158. The molecule has 20 heavy (non-hydrogen) atoms. The maximum absolute atomic E-state index is 12.1. The number of imide groups is 1. The van der Waals surface area contributed by atoms with E-state index in [0.717, 1.165) is 17.7 Å². The third-order valence-corrected chi connectivity index (χ3v) is 3.23. The number of nitrogens with zero attached hydrogens (tertiary/aromatic N) is 1. The normalized spacial score (nSPS) is 16.0. The second kappa shape index (κ2) is 7.47. The van der Waals surface area contributed by atoms with Gasteiger partial charge in [-0.3, -0.25) is 0 Å². The van der Waals surface area contributed by atoms with E-state index in [1.807, 2.05) is 0 Å². The molecule has 116 valence electrons. The number of rotatable bonds is 4. The second-order valence-corrected chi connectivity index (χ2v) is 6.26. The van der Waals surface area contributed by atoms with E-state index < -0.39 is 17.7 Å². The summed E-state index contributed by atoms with van der Waals surface area (Å²) in [5.41, 5.74) is 4.83. The fraction of sp³-hybridized carbons (Fsp3) is 0.857. The highest BCUT2D eigenvalue weighted by Gasteiger charge is 2.27. The highest BCUT2D eigenvalue weighted by Crippen LogP contribution is 2.23. The first-order valence-corrected chi connectivity index (χ1v) is 7.32. The zero-order valence-electron chi connectivity index (χ0n) is 12.8. The lowest BCUT2D eigenvalue weighted by atomic mass is 10.1. The van der Waals surface area contributed by atoms with Crippen LogP contribution in [0, 0.1) is 5.92 Å². The average molecular weight is 285 g/mol. The van der Waals surface area contributed by atoms with Gasteiger partial charge in [-0.25, -0.2) is 14.5 Å². The second-order valence-electron chi connectivity index (χ2n) is 6.26. The molecule has 3 N–H and O–H groups in total. The summed E-state index contributed by atoms with van der Waals surface area (Å²) in [6, 6.07) is -0.420. The van der Waals surface area contributed by atoms with Crippen LogP contribution < -0.4 is 11.1 Å². The predicted molar refractivity (Wildman–Crippen MR) is 77.4 cm³/mol. The number of amides is 3. The Morgan fingerprint density at radius 3 is 2.40 bits per heavy atom. The number of ether oxygens (including phenoxy) is 1. The van der Waals surface area contributed by atoms with Gasteiger partial charge in [-0.1, -0.05) is 12.8 Å². The quantitative estimate of drug-likeness (QED) is 0.828. The van der Waals surface area contributed by atoms with Crippen LogP contribution in [0.5, 0.6) is 0 Å². The van der Waals surface area contributed by atoms with Crippen LogP contribution in [0.4, 0.5) is 9.59 Å². The van der Waals surface area contributed by atoms with Gasteiger partial charge in [0.1, 0.15) is 5.60 Å². The Balaban J connectivity index is 2.50. The van der Waals surface area contributed by atoms with Gasteiger partial charge in [-0.15, -0.1) is 0 Å². The van der Waals surface area contributed by atoms with Crippen LogP contribution in [-0.4, -0.2) is 42.3 Å². The van der Waals surface area contributed by atoms with E-state index in [0.29, 0.717) is 12.5 Å². The lowest BCUT2D eigenvalue weighted by Gasteiger charge is -2.26. The van der Waals surface area contributed by atoms with Crippen molar-refractivity contribution in [2.45, 2.75) is 52.1 Å². The van der Waals surface area contributed by atoms with Crippen LogP contribution in [0.3, 0.4) is 0 Å². The minimum Gasteiger partial charge on any atom is -0.443 e. The Hall–Kier alpha value is -1.30. The van der Waals surface area contributed by atoms with Crippen LogP contribution in [0.2, 0.25) is 0 Å². The molecule has 1 rings (SSSR count). The first-order valence-electron chi connectivity index (χ1n) is 7.32. The van der Waals surface area contributed by atoms with Gasteiger partial charge in [0.15, 0.2) is 0 Å². The molecule has 3 amide bonds. The summed E-state index contributed by atoms with van der Waals surface area (Å²) >= 11 is 0. The van der Waals surface area contributed by atoms with Crippen LogP contribution in [-0.2, 0) is 4.74 Å². The van der Waals surface area contributed by atoms with E-state index in [1.165, 1.54) is 12.8 Å². The highest BCUT2D eigenvalue weighted by atomic mass is 16.6. The predicted octanol–water partition coefficient (Wildman–Crippen LogP) is 2.08. The van der Waals surface area contributed by atoms with E-state index in [2.05, 4.69) is 5.32 Å². The van der Waals surface area contributed by atoms with Gasteiger partial charge in [0.05, 0.1) is 0 Å². The van der Waals surface area contributed by atoms with Gasteiger partial charge in [0.2, 0.25) is 0 Å². The Morgan fingerprint density at radius 1 is 1.30 bits per heavy atom. The Kier molecular flexibility index (Phi) is 6.26. The molecule has 0 radical (unpaired) electrons. The summed E-state index contributed by atoms with van der Waals surface area (Å²) in [7, 11) is 0. The molecule has 6 heteroatoms. The number of nitrogens with one attached hydrogen (secondary N) is 1. The number of urea groups is 1. The third kappa shape index (κ3) is 5.77. The van der Waals surface area contributed by atoms with Crippen molar-refractivity contribution in [3.8, 4) is 0 Å². The number of hydrogen-bond donors (Lipinski definition) is 2. The Morgan fingerprint density at radius 2 is 1.90 bits per heavy atom. The SMILES string of the molecule is CC(C)(C)OC(=O)N(CCN)C(=O)NCC1CCCC1. The molecule has 0 atom stereocenters. The number of carbonyl (C=O) groups excluding carboxylic acids is 2. The third-order valence-electron chi connectivity index (χ3n) is 3.23. The summed E-state index contributed by atoms with van der Waals surface area (Å²) in [4.78, 5) is 25.1. The van der Waals surface area contributed by atoms with Crippen LogP contribution in [0.1, 0.15) is 46.5 Å². The van der Waals surface area contributed by atoms with Gasteiger partial charge in [-0.05, 0) is 39.5 Å². The summed E-state index contributed by atoms with van der Waals surface area (Å²) in [6.07, 6.45) is 4.08. The van der Waals surface area contributed by atoms with Crippen molar-refractivity contribution >= 4 is 12.1 Å². The molecule has 0 aromatic heterocycles. The van der Waals surface area contributed by atoms with Gasteiger partial charge >= 0.3 is 12.1 Å². The molecule has 0 unspecified atom stereocenters. The molecular weight excluding hydrogens is 258 g/mol. The Bertz CT molecular complexity index is 333. The van der Waals surface area contributed by atoms with E-state index in [4.69, 9.17) is 10.5 Å². The molecule has 6 nitrogen and oxygen atoms in total. The van der Waals surface area contributed by atoms with Crippen LogP contribution in [0.25, 0.3) is 0 Å². The summed E-state index contributed by atoms with van der Waals surface area (Å²) in [5, 5.41) is 2.81. The van der Waals surface area contributed by atoms with E-state index >= 15 is 0 Å². The standard InChI is InChI=1S/C14H27N3O3/c1-14(2,3)20-13(19)17(9-8-15)12(18)16-10-11-6-4-5-7-11/h11H,4-10,15H2,1-3H3,(H,16,18). The van der Waals surface area contributed by atoms with Gasteiger partial charge in [0, 0.05) is 19.6 Å². The molecule has 0 heterocycles. The van der Waals surface area contributed by atoms with Crippen LogP contribution in [0.15, 0.2) is 0 Å². The van der Waals surface area contributed by atoms with E-state index in [-0.39, 0.29) is 13.1 Å². The first-order chi connectivity index (χ1) is 9.33. The van der Waals surface area contributed by atoms with Crippen molar-refractivity contribution in [2.24, 2.45) is 11.7 Å². The molecule has 1 fully saturated rings. The smallest absolute Gasteiger partial charge is 0.418 e. The van der Waals surface area contributed by atoms with E-state index in [9.17, 15) is 9.59 Å². The van der Waals surface area contributed by atoms with Crippen molar-refractivity contribution in [2.75, 3.05) is 19.6 Å². The fourth-order valence-electron chi connectivity index (χ4n) is 2.26. The Labute approximate surface area is 121 Å². The number of nitrogens with two attached hydrogens (primary N) is 1. The fourth-order valence-corrected chi connectivity index (χ4v) is 2.26. The average Bonchev–Trinajstić information content (AvgIpc) is 2.83. The van der Waals surface area contributed by atoms with Crippen LogP contribution >= 0.6 is 0 Å². The molecule has 0 aliphatic heterocycles. The lowest BCUT2D eigenvalue weighted by molar-refractivity contribution is 0.0325. The maximum atomic E-state index is 12.1. The monoisotopic (exact) mass is 285 g/mol. The highest BCUT2D eigenvalue weighted by molar-refractivity contribution is 5.91. The van der Waals surface area contributed by atoms with E-state index in [1.54, 1.807) is 20.8 Å². The molecule has 0 spiro atoms. The topological polar surface area (TPSA) is 84.7 Å². The molecule has 1 aliphatic carbocycles. The maximum Gasteiger partial charge on any atom is 0.418 e. The first kappa shape index (κ1) is 16.8. The van der Waals surface area contributed by atoms with Gasteiger partial charge in [0.25, 0.3) is 0 Å². The van der Waals surface area contributed by atoms with Gasteiger partial charge in [-0.2, -0.15) is 0 Å². The molecule has 0 aromatic carbocycles. The zero-order valence-corrected chi connectivity index (χ0v) is 12.8. The minimum atomic E-state index is -0.646. The zero-order chi connectivity index (χ0) is 15.2. The van der Waals surface area contributed by atoms with Crippen molar-refractivity contribution < 1.29 is 14.3 Å². The summed E-state index contributed by atoms with van der Waals surface area (Å²) in [5.74, 6) is 0.525. The number of hydrogen-bond acceptors (Lipinski definition) is 4. The largest absolute Gasteiger partial charge is 0.443 e. The van der Waals surface area contributed by atoms with Crippen molar-refractivity contribution in [1.82, 2.24) is 10.2 Å². The molecule has 1 aliphatic rings. The van der Waals surface area contributed by atoms with Gasteiger partial charge < -0.3 is 15.8 Å². The molecule has 0 aromatic rings.